The molecule has 0 radical (unpaired) electrons. The highest BCUT2D eigenvalue weighted by atomic mass is 35.5. The van der Waals surface area contributed by atoms with Gasteiger partial charge in [0.1, 0.15) is 11.6 Å². The van der Waals surface area contributed by atoms with Crippen LogP contribution < -0.4 is 5.32 Å². The summed E-state index contributed by atoms with van der Waals surface area (Å²) in [7, 11) is 1.73. The molecular formula is C19H21ClF2N2O. The molecule has 1 saturated heterocycles. The maximum Gasteiger partial charge on any atom is 0.256 e. The summed E-state index contributed by atoms with van der Waals surface area (Å²) in [5.74, 6) is -1.19. The molecule has 0 unspecified atom stereocenters. The molecule has 0 saturated carbocycles. The van der Waals surface area contributed by atoms with E-state index in [1.807, 2.05) is 0 Å². The van der Waals surface area contributed by atoms with Crippen molar-refractivity contribution in [3.05, 3.63) is 59.7 Å². The monoisotopic (exact) mass is 366 g/mol. The number of hydrogen-bond acceptors (Lipinski definition) is 2. The Hall–Kier alpha value is -1.98. The largest absolute Gasteiger partial charge is 0.339 e. The van der Waals surface area contributed by atoms with E-state index in [4.69, 9.17) is 0 Å². The Labute approximate surface area is 152 Å². The van der Waals surface area contributed by atoms with Gasteiger partial charge in [-0.2, -0.15) is 0 Å². The van der Waals surface area contributed by atoms with Crippen LogP contribution in [-0.2, 0) is 0 Å². The van der Waals surface area contributed by atoms with E-state index in [1.165, 1.54) is 24.3 Å². The molecule has 0 aromatic heterocycles. The number of carbonyl (C=O) groups is 1. The van der Waals surface area contributed by atoms with E-state index >= 15 is 0 Å². The maximum absolute atomic E-state index is 14.5. The number of benzene rings is 2. The van der Waals surface area contributed by atoms with E-state index in [0.717, 1.165) is 25.9 Å². The average molecular weight is 367 g/mol. The van der Waals surface area contributed by atoms with Gasteiger partial charge in [-0.3, -0.25) is 4.79 Å². The Morgan fingerprint density at radius 3 is 2.24 bits per heavy atom. The fourth-order valence-electron chi connectivity index (χ4n) is 3.06. The predicted octanol–water partition coefficient (Wildman–Crippen LogP) is 3.88. The van der Waals surface area contributed by atoms with E-state index in [2.05, 4.69) is 5.32 Å². The summed E-state index contributed by atoms with van der Waals surface area (Å²) in [6, 6.07) is 10.5. The van der Waals surface area contributed by atoms with Crippen LogP contribution in [-0.4, -0.2) is 37.0 Å². The van der Waals surface area contributed by atoms with E-state index in [9.17, 15) is 13.6 Å². The second-order valence-corrected chi connectivity index (χ2v) is 6.10. The molecule has 0 atom stereocenters. The van der Waals surface area contributed by atoms with Gasteiger partial charge in [-0.25, -0.2) is 8.78 Å². The van der Waals surface area contributed by atoms with Crippen molar-refractivity contribution in [2.45, 2.75) is 18.9 Å². The third-order valence-electron chi connectivity index (χ3n) is 4.55. The molecular weight excluding hydrogens is 346 g/mol. The number of carbonyl (C=O) groups excluding carboxylic acids is 1. The average Bonchev–Trinajstić information content (AvgIpc) is 2.62. The lowest BCUT2D eigenvalue weighted by Crippen LogP contribution is -2.44. The number of rotatable bonds is 3. The van der Waals surface area contributed by atoms with E-state index in [-0.39, 0.29) is 35.7 Å². The molecule has 1 heterocycles. The highest BCUT2D eigenvalue weighted by molar-refractivity contribution is 5.95. The molecule has 0 spiro atoms. The summed E-state index contributed by atoms with van der Waals surface area (Å²) in [5.41, 5.74) is 1.40. The van der Waals surface area contributed by atoms with Crippen LogP contribution in [0.1, 0.15) is 23.2 Å². The van der Waals surface area contributed by atoms with Crippen LogP contribution in [0.5, 0.6) is 0 Å². The van der Waals surface area contributed by atoms with Gasteiger partial charge in [-0.05, 0) is 61.3 Å². The normalized spacial score (nSPS) is 14.7. The third-order valence-corrected chi connectivity index (χ3v) is 4.55. The summed E-state index contributed by atoms with van der Waals surface area (Å²) in [6.07, 6.45) is 1.75. The minimum Gasteiger partial charge on any atom is -0.339 e. The second-order valence-electron chi connectivity index (χ2n) is 6.10. The van der Waals surface area contributed by atoms with Gasteiger partial charge in [0, 0.05) is 13.1 Å². The van der Waals surface area contributed by atoms with Crippen molar-refractivity contribution in [1.29, 1.82) is 0 Å². The smallest absolute Gasteiger partial charge is 0.256 e. The number of nitrogens with one attached hydrogen (secondary N) is 1. The molecule has 0 bridgehead atoms. The number of halogens is 3. The van der Waals surface area contributed by atoms with Gasteiger partial charge in [-0.1, -0.05) is 18.2 Å². The number of hydrogen-bond donors (Lipinski definition) is 1. The van der Waals surface area contributed by atoms with Gasteiger partial charge < -0.3 is 10.2 Å². The molecule has 1 N–H and O–H groups in total. The fourth-order valence-corrected chi connectivity index (χ4v) is 3.06. The van der Waals surface area contributed by atoms with Crippen molar-refractivity contribution in [2.24, 2.45) is 0 Å². The van der Waals surface area contributed by atoms with Gasteiger partial charge in [0.15, 0.2) is 0 Å². The van der Waals surface area contributed by atoms with Gasteiger partial charge in [0.25, 0.3) is 5.91 Å². The molecule has 3 rings (SSSR count). The van der Waals surface area contributed by atoms with Crippen molar-refractivity contribution in [1.82, 2.24) is 10.2 Å². The molecule has 1 aliphatic heterocycles. The lowest BCUT2D eigenvalue weighted by atomic mass is 10.0. The second kappa shape index (κ2) is 8.41. The third kappa shape index (κ3) is 4.35. The van der Waals surface area contributed by atoms with Gasteiger partial charge >= 0.3 is 0 Å². The first-order valence-electron chi connectivity index (χ1n) is 8.09. The highest BCUT2D eigenvalue weighted by Gasteiger charge is 2.24. The Balaban J connectivity index is 0.00000225. The first-order valence-corrected chi connectivity index (χ1v) is 8.09. The van der Waals surface area contributed by atoms with Crippen LogP contribution in [0.3, 0.4) is 0 Å². The van der Waals surface area contributed by atoms with Crippen molar-refractivity contribution in [2.75, 3.05) is 20.1 Å². The summed E-state index contributed by atoms with van der Waals surface area (Å²) >= 11 is 0. The van der Waals surface area contributed by atoms with E-state index in [1.54, 1.807) is 30.1 Å². The molecule has 6 heteroatoms. The van der Waals surface area contributed by atoms with Crippen molar-refractivity contribution in [3.63, 3.8) is 0 Å². The Morgan fingerprint density at radius 2 is 1.64 bits per heavy atom. The van der Waals surface area contributed by atoms with E-state index < -0.39 is 5.82 Å². The van der Waals surface area contributed by atoms with Crippen LogP contribution in [0.15, 0.2) is 42.5 Å². The Bertz CT molecular complexity index is 731. The highest BCUT2D eigenvalue weighted by Crippen LogP contribution is 2.24. The van der Waals surface area contributed by atoms with Crippen LogP contribution in [0, 0.1) is 11.6 Å². The summed E-state index contributed by atoms with van der Waals surface area (Å²) in [5, 5.41) is 3.25. The fraction of sp³-hybridized carbons (Fsp3) is 0.316. The predicted molar refractivity (Wildman–Crippen MR) is 97.0 cm³/mol. The van der Waals surface area contributed by atoms with Crippen LogP contribution in [0.2, 0.25) is 0 Å². The molecule has 2 aromatic carbocycles. The number of nitrogens with zero attached hydrogens (tertiary/aromatic N) is 1. The molecule has 134 valence electrons. The summed E-state index contributed by atoms with van der Waals surface area (Å²) in [6.45, 7) is 1.74. The molecule has 1 fully saturated rings. The van der Waals surface area contributed by atoms with Gasteiger partial charge in [0.2, 0.25) is 0 Å². The summed E-state index contributed by atoms with van der Waals surface area (Å²) in [4.78, 5) is 14.2. The standard InChI is InChI=1S/C19H20F2N2O.ClH/c1-23(16-8-10-22-11-9-16)19(24)17-7-4-14(12-18(17)21)13-2-5-15(20)6-3-13;/h2-7,12,16,22H,8-11H2,1H3;1H. The first kappa shape index (κ1) is 19.3. The maximum atomic E-state index is 14.5. The molecule has 3 nitrogen and oxygen atoms in total. The Morgan fingerprint density at radius 1 is 1.04 bits per heavy atom. The molecule has 25 heavy (non-hydrogen) atoms. The van der Waals surface area contributed by atoms with E-state index in [0.29, 0.717) is 11.1 Å². The first-order chi connectivity index (χ1) is 11.6. The molecule has 2 aromatic rings. The minimum absolute atomic E-state index is 0. The SMILES string of the molecule is CN(C(=O)c1ccc(-c2ccc(F)cc2)cc1F)C1CCNCC1.Cl. The molecule has 1 amide bonds. The van der Waals surface area contributed by atoms with Crippen molar-refractivity contribution < 1.29 is 13.6 Å². The van der Waals surface area contributed by atoms with Crippen LogP contribution in [0.4, 0.5) is 8.78 Å². The van der Waals surface area contributed by atoms with Gasteiger partial charge in [-0.15, -0.1) is 12.4 Å². The van der Waals surface area contributed by atoms with Gasteiger partial charge in [0.05, 0.1) is 5.56 Å². The molecule has 0 aliphatic carbocycles. The quantitative estimate of drug-likeness (QED) is 0.894. The topological polar surface area (TPSA) is 32.3 Å². The number of amides is 1. The van der Waals surface area contributed by atoms with Crippen LogP contribution in [0.25, 0.3) is 11.1 Å². The van der Waals surface area contributed by atoms with Crippen LogP contribution >= 0.6 is 12.4 Å². The Kier molecular flexibility index (Phi) is 6.51. The number of piperidine rings is 1. The lowest BCUT2D eigenvalue weighted by Gasteiger charge is -2.31. The van der Waals surface area contributed by atoms with Crippen molar-refractivity contribution >= 4 is 18.3 Å². The minimum atomic E-state index is -0.553. The van der Waals surface area contributed by atoms with Crippen molar-refractivity contribution in [3.8, 4) is 11.1 Å². The zero-order chi connectivity index (χ0) is 17.1. The molecule has 1 aliphatic rings. The zero-order valence-corrected chi connectivity index (χ0v) is 14.8. The zero-order valence-electron chi connectivity index (χ0n) is 14.0. The summed E-state index contributed by atoms with van der Waals surface area (Å²) < 4.78 is 27.4. The lowest BCUT2D eigenvalue weighted by molar-refractivity contribution is 0.0698.